The summed E-state index contributed by atoms with van der Waals surface area (Å²) in [5, 5.41) is 2.58. The molecule has 1 aliphatic rings. The lowest BCUT2D eigenvalue weighted by Crippen LogP contribution is -2.29. The van der Waals surface area contributed by atoms with Gasteiger partial charge in [0.25, 0.3) is 17.7 Å². The average molecular weight is 501 g/mol. The first kappa shape index (κ1) is 25.3. The number of rotatable bonds is 9. The summed E-state index contributed by atoms with van der Waals surface area (Å²) < 4.78 is 10.2. The van der Waals surface area contributed by atoms with E-state index in [4.69, 9.17) is 9.47 Å². The SMILES string of the molecule is CCCCOC(=O)c1ccc(NC(=O)COC(=O)c2cccc(N3C(=O)c4ccccc4C3=O)c2)cc1. The zero-order valence-electron chi connectivity index (χ0n) is 20.1. The molecular formula is C28H24N2O7. The number of fused-ring (bicyclic) bond motifs is 1. The molecule has 0 atom stereocenters. The fourth-order valence-corrected chi connectivity index (χ4v) is 3.69. The van der Waals surface area contributed by atoms with Gasteiger partial charge in [-0.3, -0.25) is 14.4 Å². The Morgan fingerprint density at radius 3 is 2.08 bits per heavy atom. The summed E-state index contributed by atoms with van der Waals surface area (Å²) >= 11 is 0. The summed E-state index contributed by atoms with van der Waals surface area (Å²) in [5.41, 5.74) is 1.65. The van der Waals surface area contributed by atoms with Crippen molar-refractivity contribution < 1.29 is 33.4 Å². The molecule has 0 bridgehead atoms. The van der Waals surface area contributed by atoms with Gasteiger partial charge in [0.15, 0.2) is 6.61 Å². The van der Waals surface area contributed by atoms with Crippen LogP contribution in [0.25, 0.3) is 0 Å². The van der Waals surface area contributed by atoms with Gasteiger partial charge in [0.1, 0.15) is 0 Å². The van der Waals surface area contributed by atoms with Gasteiger partial charge in [-0.05, 0) is 61.0 Å². The summed E-state index contributed by atoms with van der Waals surface area (Å²) in [5.74, 6) is -2.78. The largest absolute Gasteiger partial charge is 0.462 e. The highest BCUT2D eigenvalue weighted by Crippen LogP contribution is 2.28. The van der Waals surface area contributed by atoms with Gasteiger partial charge in [-0.15, -0.1) is 0 Å². The fourth-order valence-electron chi connectivity index (χ4n) is 3.69. The first-order valence-corrected chi connectivity index (χ1v) is 11.7. The Kier molecular flexibility index (Phi) is 7.73. The molecular weight excluding hydrogens is 476 g/mol. The minimum absolute atomic E-state index is 0.0767. The molecule has 0 saturated carbocycles. The number of nitrogens with zero attached hydrogens (tertiary/aromatic N) is 1. The maximum atomic E-state index is 12.7. The molecule has 3 aromatic carbocycles. The molecule has 0 spiro atoms. The smallest absolute Gasteiger partial charge is 0.338 e. The van der Waals surface area contributed by atoms with Gasteiger partial charge in [-0.1, -0.05) is 31.5 Å². The van der Waals surface area contributed by atoms with E-state index in [0.717, 1.165) is 17.7 Å². The molecule has 0 aliphatic carbocycles. The maximum absolute atomic E-state index is 12.7. The van der Waals surface area contributed by atoms with Crippen molar-refractivity contribution in [1.82, 2.24) is 0 Å². The second-order valence-electron chi connectivity index (χ2n) is 8.23. The van der Waals surface area contributed by atoms with E-state index in [0.29, 0.717) is 29.0 Å². The minimum atomic E-state index is -0.793. The molecule has 9 nitrogen and oxygen atoms in total. The molecule has 0 fully saturated rings. The lowest BCUT2D eigenvalue weighted by Gasteiger charge is -2.15. The third kappa shape index (κ3) is 5.72. The molecule has 1 N–H and O–H groups in total. The topological polar surface area (TPSA) is 119 Å². The predicted molar refractivity (Wildman–Crippen MR) is 135 cm³/mol. The van der Waals surface area contributed by atoms with Crippen molar-refractivity contribution >= 4 is 41.0 Å². The number of amides is 3. The molecule has 0 aromatic heterocycles. The molecule has 3 amide bonds. The quantitative estimate of drug-likeness (QED) is 0.265. The van der Waals surface area contributed by atoms with Gasteiger partial charge in [0.2, 0.25) is 0 Å². The van der Waals surface area contributed by atoms with Gasteiger partial charge in [-0.25, -0.2) is 14.5 Å². The summed E-state index contributed by atoms with van der Waals surface area (Å²) in [6.07, 6.45) is 1.70. The lowest BCUT2D eigenvalue weighted by molar-refractivity contribution is -0.119. The highest BCUT2D eigenvalue weighted by molar-refractivity contribution is 6.34. The molecule has 9 heteroatoms. The highest BCUT2D eigenvalue weighted by Gasteiger charge is 2.36. The van der Waals surface area contributed by atoms with Crippen molar-refractivity contribution in [3.63, 3.8) is 0 Å². The molecule has 37 heavy (non-hydrogen) atoms. The number of carbonyl (C=O) groups excluding carboxylic acids is 5. The molecule has 0 radical (unpaired) electrons. The Balaban J connectivity index is 1.33. The van der Waals surface area contributed by atoms with Gasteiger partial charge in [0.05, 0.1) is 34.5 Å². The third-order valence-electron chi connectivity index (χ3n) is 5.60. The summed E-state index contributed by atoms with van der Waals surface area (Å²) in [6.45, 7) is 1.79. The number of nitrogens with one attached hydrogen (secondary N) is 1. The average Bonchev–Trinajstić information content (AvgIpc) is 3.17. The van der Waals surface area contributed by atoms with E-state index < -0.39 is 36.3 Å². The van der Waals surface area contributed by atoms with Crippen molar-refractivity contribution in [2.75, 3.05) is 23.4 Å². The van der Waals surface area contributed by atoms with Crippen LogP contribution in [0.3, 0.4) is 0 Å². The van der Waals surface area contributed by atoms with Crippen LogP contribution in [0.5, 0.6) is 0 Å². The number of imide groups is 1. The van der Waals surface area contributed by atoms with E-state index >= 15 is 0 Å². The maximum Gasteiger partial charge on any atom is 0.338 e. The molecule has 4 rings (SSSR count). The van der Waals surface area contributed by atoms with Gasteiger partial charge >= 0.3 is 11.9 Å². The van der Waals surface area contributed by atoms with Crippen LogP contribution in [0.15, 0.2) is 72.8 Å². The molecule has 0 saturated heterocycles. The first-order chi connectivity index (χ1) is 17.9. The van der Waals surface area contributed by atoms with Crippen LogP contribution in [-0.2, 0) is 14.3 Å². The Labute approximate surface area is 213 Å². The normalized spacial score (nSPS) is 12.2. The second-order valence-corrected chi connectivity index (χ2v) is 8.23. The molecule has 188 valence electrons. The van der Waals surface area contributed by atoms with Crippen LogP contribution in [0.4, 0.5) is 11.4 Å². The monoisotopic (exact) mass is 500 g/mol. The highest BCUT2D eigenvalue weighted by atomic mass is 16.5. The number of hydrogen-bond donors (Lipinski definition) is 1. The number of unbranched alkanes of at least 4 members (excludes halogenated alkanes) is 1. The first-order valence-electron chi connectivity index (χ1n) is 11.7. The molecule has 1 aliphatic heterocycles. The summed E-state index contributed by atoms with van der Waals surface area (Å²) in [6, 6.07) is 18.5. The number of carbonyl (C=O) groups is 5. The number of esters is 2. The second kappa shape index (κ2) is 11.3. The fraction of sp³-hybridized carbons (Fsp3) is 0.179. The van der Waals surface area contributed by atoms with Crippen LogP contribution in [0.1, 0.15) is 61.2 Å². The van der Waals surface area contributed by atoms with Crippen molar-refractivity contribution in [2.24, 2.45) is 0 Å². The lowest BCUT2D eigenvalue weighted by atomic mass is 10.1. The number of anilines is 2. The standard InChI is InChI=1S/C28H24N2O7/c1-2-3-15-36-27(34)18-11-13-20(14-12-18)29-24(31)17-37-28(35)19-7-6-8-21(16-19)30-25(32)22-9-4-5-10-23(22)26(30)33/h4-14,16H,2-3,15,17H2,1H3,(H,29,31). The zero-order valence-corrected chi connectivity index (χ0v) is 20.1. The molecule has 0 unspecified atom stereocenters. The van der Waals surface area contributed by atoms with Crippen LogP contribution < -0.4 is 10.2 Å². The summed E-state index contributed by atoms with van der Waals surface area (Å²) in [4.78, 5) is 63.2. The van der Waals surface area contributed by atoms with Crippen molar-refractivity contribution in [3.8, 4) is 0 Å². The Morgan fingerprint density at radius 2 is 1.43 bits per heavy atom. The van der Waals surface area contributed by atoms with E-state index in [1.54, 1.807) is 36.4 Å². The number of ether oxygens (including phenoxy) is 2. The van der Waals surface area contributed by atoms with E-state index in [2.05, 4.69) is 5.32 Å². The van der Waals surface area contributed by atoms with Crippen molar-refractivity contribution in [1.29, 1.82) is 0 Å². The minimum Gasteiger partial charge on any atom is -0.462 e. The Bertz CT molecular complexity index is 1330. The number of hydrogen-bond acceptors (Lipinski definition) is 7. The zero-order chi connectivity index (χ0) is 26.4. The third-order valence-corrected chi connectivity index (χ3v) is 5.60. The predicted octanol–water partition coefficient (Wildman–Crippen LogP) is 4.24. The Hall–Kier alpha value is -4.79. The van der Waals surface area contributed by atoms with Crippen LogP contribution in [-0.4, -0.2) is 42.9 Å². The van der Waals surface area contributed by atoms with Crippen molar-refractivity contribution in [2.45, 2.75) is 19.8 Å². The van der Waals surface area contributed by atoms with Gasteiger partial charge in [0, 0.05) is 5.69 Å². The van der Waals surface area contributed by atoms with E-state index in [-0.39, 0.29) is 11.3 Å². The van der Waals surface area contributed by atoms with Gasteiger partial charge in [-0.2, -0.15) is 0 Å². The molecule has 1 heterocycles. The van der Waals surface area contributed by atoms with E-state index in [1.807, 2.05) is 6.92 Å². The van der Waals surface area contributed by atoms with E-state index in [1.165, 1.54) is 36.4 Å². The Morgan fingerprint density at radius 1 is 0.784 bits per heavy atom. The van der Waals surface area contributed by atoms with Gasteiger partial charge < -0.3 is 14.8 Å². The summed E-state index contributed by atoms with van der Waals surface area (Å²) in [7, 11) is 0. The number of benzene rings is 3. The van der Waals surface area contributed by atoms with Crippen molar-refractivity contribution in [3.05, 3.63) is 95.1 Å². The van der Waals surface area contributed by atoms with Crippen LogP contribution in [0, 0.1) is 0 Å². The molecule has 3 aromatic rings. The van der Waals surface area contributed by atoms with Crippen LogP contribution in [0.2, 0.25) is 0 Å². The van der Waals surface area contributed by atoms with Crippen LogP contribution >= 0.6 is 0 Å². The van der Waals surface area contributed by atoms with E-state index in [9.17, 15) is 24.0 Å².